The molecule has 2 N–H and O–H groups in total. The zero-order chi connectivity index (χ0) is 21.0. The summed E-state index contributed by atoms with van der Waals surface area (Å²) in [5.74, 6) is 1.18. The van der Waals surface area contributed by atoms with Gasteiger partial charge in [0.2, 0.25) is 0 Å². The van der Waals surface area contributed by atoms with E-state index in [1.54, 1.807) is 18.3 Å². The fourth-order valence-electron chi connectivity index (χ4n) is 3.78. The van der Waals surface area contributed by atoms with Crippen LogP contribution in [0.1, 0.15) is 68.8 Å². The fourth-order valence-corrected chi connectivity index (χ4v) is 4.23. The average Bonchev–Trinajstić information content (AvgIpc) is 2.68. The minimum atomic E-state index is -0.208. The molecule has 0 radical (unpaired) electrons. The van der Waals surface area contributed by atoms with Crippen LogP contribution in [0.3, 0.4) is 0 Å². The van der Waals surface area contributed by atoms with Gasteiger partial charge in [-0.05, 0) is 54.0 Å². The topological polar surface area (TPSA) is 54.0 Å². The number of carbonyl (C=O) groups excluding carboxylic acids is 1. The van der Waals surface area contributed by atoms with E-state index in [9.17, 15) is 4.79 Å². The van der Waals surface area contributed by atoms with Gasteiger partial charge < -0.3 is 10.6 Å². The lowest BCUT2D eigenvalue weighted by Gasteiger charge is -2.25. The summed E-state index contributed by atoms with van der Waals surface area (Å²) in [6, 6.07) is 7.20. The van der Waals surface area contributed by atoms with Gasteiger partial charge in [0.15, 0.2) is 0 Å². The first-order valence-corrected chi connectivity index (χ1v) is 11.0. The summed E-state index contributed by atoms with van der Waals surface area (Å²) in [4.78, 5) is 17.4. The molecule has 1 amide bonds. The van der Waals surface area contributed by atoms with Crippen molar-refractivity contribution in [2.75, 3.05) is 11.9 Å². The molecule has 1 saturated carbocycles. The van der Waals surface area contributed by atoms with Gasteiger partial charge in [0.25, 0.3) is 5.91 Å². The first-order valence-electron chi connectivity index (χ1n) is 10.2. The van der Waals surface area contributed by atoms with Gasteiger partial charge in [-0.15, -0.1) is 0 Å². The second-order valence-corrected chi connectivity index (χ2v) is 9.67. The standard InChI is InChI=1S/C23H29Cl2N3O/c1-23(2,3)18-12-21(28-20-10-9-16(24)11-19(20)25)26-14-17(18)22(29)27-13-15-7-5-4-6-8-15/h9-12,14-15H,4-8,13H2,1-3H3,(H,26,28)(H,27,29). The van der Waals surface area contributed by atoms with Crippen LogP contribution in [0.2, 0.25) is 10.0 Å². The van der Waals surface area contributed by atoms with Gasteiger partial charge in [-0.25, -0.2) is 4.98 Å². The molecular formula is C23H29Cl2N3O. The second kappa shape index (κ2) is 9.36. The number of hydrogen-bond acceptors (Lipinski definition) is 3. The number of benzene rings is 1. The van der Waals surface area contributed by atoms with Gasteiger partial charge in [0.05, 0.1) is 16.3 Å². The van der Waals surface area contributed by atoms with Gasteiger partial charge in [0, 0.05) is 17.8 Å². The number of nitrogens with one attached hydrogen (secondary N) is 2. The van der Waals surface area contributed by atoms with Gasteiger partial charge >= 0.3 is 0 Å². The SMILES string of the molecule is CC(C)(C)c1cc(Nc2ccc(Cl)cc2Cl)ncc1C(=O)NCC1CCCCC1. The molecule has 0 unspecified atom stereocenters. The third-order valence-corrected chi connectivity index (χ3v) is 5.97. The maximum atomic E-state index is 12.9. The Balaban J connectivity index is 1.79. The summed E-state index contributed by atoms with van der Waals surface area (Å²) >= 11 is 12.2. The van der Waals surface area contributed by atoms with Crippen molar-refractivity contribution in [3.05, 3.63) is 51.6 Å². The molecule has 1 fully saturated rings. The molecule has 1 aromatic heterocycles. The van der Waals surface area contributed by atoms with Crippen molar-refractivity contribution in [2.24, 2.45) is 5.92 Å². The van der Waals surface area contributed by atoms with Crippen LogP contribution < -0.4 is 10.6 Å². The minimum Gasteiger partial charge on any atom is -0.352 e. The highest BCUT2D eigenvalue weighted by Gasteiger charge is 2.24. The molecule has 6 heteroatoms. The molecule has 1 aromatic carbocycles. The van der Waals surface area contributed by atoms with Crippen molar-refractivity contribution in [1.82, 2.24) is 10.3 Å². The van der Waals surface area contributed by atoms with E-state index >= 15 is 0 Å². The number of halogens is 2. The van der Waals surface area contributed by atoms with Crippen molar-refractivity contribution in [2.45, 2.75) is 58.3 Å². The van der Waals surface area contributed by atoms with Crippen molar-refractivity contribution in [3.8, 4) is 0 Å². The molecule has 1 aliphatic rings. The molecule has 0 aliphatic heterocycles. The zero-order valence-electron chi connectivity index (χ0n) is 17.3. The molecule has 1 aliphatic carbocycles. The molecular weight excluding hydrogens is 405 g/mol. The predicted octanol–water partition coefficient (Wildman–Crippen LogP) is 6.74. The van der Waals surface area contributed by atoms with E-state index in [1.807, 2.05) is 12.1 Å². The molecule has 29 heavy (non-hydrogen) atoms. The number of carbonyl (C=O) groups is 1. The summed E-state index contributed by atoms with van der Waals surface area (Å²) in [6.07, 6.45) is 7.91. The molecule has 156 valence electrons. The molecule has 0 saturated heterocycles. The summed E-state index contributed by atoms with van der Waals surface area (Å²) in [6.45, 7) is 7.03. The van der Waals surface area contributed by atoms with Crippen molar-refractivity contribution >= 4 is 40.6 Å². The Morgan fingerprint density at radius 3 is 2.52 bits per heavy atom. The smallest absolute Gasteiger partial charge is 0.253 e. The quantitative estimate of drug-likeness (QED) is 0.548. The van der Waals surface area contributed by atoms with Gasteiger partial charge in [-0.2, -0.15) is 0 Å². The number of anilines is 2. The molecule has 0 spiro atoms. The number of aromatic nitrogens is 1. The third kappa shape index (κ3) is 5.86. The largest absolute Gasteiger partial charge is 0.352 e. The van der Waals surface area contributed by atoms with Crippen LogP contribution in [0.4, 0.5) is 11.5 Å². The van der Waals surface area contributed by atoms with Crippen LogP contribution in [0.25, 0.3) is 0 Å². The number of nitrogens with zero attached hydrogens (tertiary/aromatic N) is 1. The van der Waals surface area contributed by atoms with Crippen molar-refractivity contribution in [1.29, 1.82) is 0 Å². The van der Waals surface area contributed by atoms with Crippen LogP contribution in [0.15, 0.2) is 30.5 Å². The van der Waals surface area contributed by atoms with E-state index in [-0.39, 0.29) is 11.3 Å². The first-order chi connectivity index (χ1) is 13.7. The normalized spacial score (nSPS) is 15.2. The van der Waals surface area contributed by atoms with Crippen LogP contribution in [0, 0.1) is 5.92 Å². The van der Waals surface area contributed by atoms with E-state index in [4.69, 9.17) is 23.2 Å². The average molecular weight is 434 g/mol. The Labute approximate surface area is 183 Å². The van der Waals surface area contributed by atoms with Crippen molar-refractivity contribution < 1.29 is 4.79 Å². The van der Waals surface area contributed by atoms with E-state index in [1.165, 1.54) is 32.1 Å². The summed E-state index contributed by atoms with van der Waals surface area (Å²) in [5.41, 5.74) is 2.08. The second-order valence-electron chi connectivity index (χ2n) is 8.83. The molecule has 3 rings (SSSR count). The lowest BCUT2D eigenvalue weighted by atomic mass is 9.84. The lowest BCUT2D eigenvalue weighted by molar-refractivity contribution is 0.0941. The van der Waals surface area contributed by atoms with Crippen LogP contribution in [0.5, 0.6) is 0 Å². The summed E-state index contributed by atoms with van der Waals surface area (Å²) < 4.78 is 0. The van der Waals surface area contributed by atoms with Crippen LogP contribution in [-0.2, 0) is 5.41 Å². The highest BCUT2D eigenvalue weighted by molar-refractivity contribution is 6.36. The van der Waals surface area contributed by atoms with E-state index < -0.39 is 0 Å². The Morgan fingerprint density at radius 2 is 1.86 bits per heavy atom. The van der Waals surface area contributed by atoms with Gasteiger partial charge in [0.1, 0.15) is 5.82 Å². The summed E-state index contributed by atoms with van der Waals surface area (Å²) in [7, 11) is 0. The monoisotopic (exact) mass is 433 g/mol. The van der Waals surface area contributed by atoms with E-state index in [0.717, 1.165) is 17.8 Å². The van der Waals surface area contributed by atoms with Crippen LogP contribution >= 0.6 is 23.2 Å². The molecule has 2 aromatic rings. The Hall–Kier alpha value is -1.78. The minimum absolute atomic E-state index is 0.0518. The molecule has 4 nitrogen and oxygen atoms in total. The van der Waals surface area contributed by atoms with E-state index in [2.05, 4.69) is 36.4 Å². The maximum Gasteiger partial charge on any atom is 0.253 e. The molecule has 0 atom stereocenters. The summed E-state index contributed by atoms with van der Waals surface area (Å²) in [5, 5.41) is 7.46. The number of amides is 1. The Morgan fingerprint density at radius 1 is 1.14 bits per heavy atom. The van der Waals surface area contributed by atoms with Gasteiger partial charge in [-0.1, -0.05) is 63.2 Å². The predicted molar refractivity (Wildman–Crippen MR) is 122 cm³/mol. The number of pyridine rings is 1. The van der Waals surface area contributed by atoms with Crippen molar-refractivity contribution in [3.63, 3.8) is 0 Å². The molecule has 0 bridgehead atoms. The highest BCUT2D eigenvalue weighted by atomic mass is 35.5. The number of rotatable bonds is 5. The highest BCUT2D eigenvalue weighted by Crippen LogP contribution is 2.31. The number of hydrogen-bond donors (Lipinski definition) is 2. The zero-order valence-corrected chi connectivity index (χ0v) is 18.8. The lowest BCUT2D eigenvalue weighted by Crippen LogP contribution is -2.32. The Kier molecular flexibility index (Phi) is 7.07. The van der Waals surface area contributed by atoms with E-state index in [0.29, 0.717) is 27.3 Å². The first kappa shape index (κ1) is 21.9. The third-order valence-electron chi connectivity index (χ3n) is 5.43. The van der Waals surface area contributed by atoms with Crippen LogP contribution in [-0.4, -0.2) is 17.4 Å². The fraction of sp³-hybridized carbons (Fsp3) is 0.478. The molecule has 1 heterocycles. The Bertz CT molecular complexity index is 871. The van der Waals surface area contributed by atoms with Gasteiger partial charge in [-0.3, -0.25) is 4.79 Å². The maximum absolute atomic E-state index is 12.9.